The topological polar surface area (TPSA) is 25.2 Å². The fraction of sp³-hybridized carbons (Fsp3) is 0.278. The summed E-state index contributed by atoms with van der Waals surface area (Å²) in [5.74, 6) is 0.231. The normalized spacial score (nSPS) is 14.3. The predicted molar refractivity (Wildman–Crippen MR) is 90.1 cm³/mol. The summed E-state index contributed by atoms with van der Waals surface area (Å²) < 4.78 is 2.19. The van der Waals surface area contributed by atoms with Gasteiger partial charge in [0.25, 0.3) is 0 Å². The smallest absolute Gasteiger partial charge is 0.228 e. The van der Waals surface area contributed by atoms with Crippen molar-refractivity contribution in [2.45, 2.75) is 19.4 Å². The highest BCUT2D eigenvalue weighted by molar-refractivity contribution is 7.10. The molecule has 0 saturated carbocycles. The van der Waals surface area contributed by atoms with Crippen LogP contribution in [-0.2, 0) is 31.2 Å². The van der Waals surface area contributed by atoms with Crippen LogP contribution < -0.4 is 0 Å². The number of hydrogen-bond acceptors (Lipinski definition) is 2. The lowest BCUT2D eigenvalue weighted by Gasteiger charge is -2.21. The second kappa shape index (κ2) is 5.29. The second-order valence-electron chi connectivity index (χ2n) is 5.90. The van der Waals surface area contributed by atoms with E-state index in [-0.39, 0.29) is 5.91 Å². The van der Waals surface area contributed by atoms with Crippen molar-refractivity contribution in [2.75, 3.05) is 6.54 Å². The molecule has 1 amide bonds. The number of carbonyl (C=O) groups is 1. The van der Waals surface area contributed by atoms with Crippen molar-refractivity contribution in [3.05, 3.63) is 57.9 Å². The number of nitrogens with zero attached hydrogens (tertiary/aromatic N) is 2. The van der Waals surface area contributed by atoms with E-state index >= 15 is 0 Å². The number of carbonyl (C=O) groups excluding carboxylic acids is 1. The Labute approximate surface area is 133 Å². The molecule has 4 rings (SSSR count). The summed E-state index contributed by atoms with van der Waals surface area (Å²) in [6.07, 6.45) is 3.66. The van der Waals surface area contributed by atoms with Crippen LogP contribution in [-0.4, -0.2) is 21.9 Å². The summed E-state index contributed by atoms with van der Waals surface area (Å²) in [4.78, 5) is 15.8. The van der Waals surface area contributed by atoms with Crippen LogP contribution in [0.25, 0.3) is 10.9 Å². The van der Waals surface area contributed by atoms with Crippen LogP contribution in [0.2, 0.25) is 0 Å². The van der Waals surface area contributed by atoms with Crippen molar-refractivity contribution in [3.63, 3.8) is 0 Å². The maximum absolute atomic E-state index is 12.6. The highest BCUT2D eigenvalue weighted by Gasteiger charge is 2.22. The zero-order chi connectivity index (χ0) is 15.1. The van der Waals surface area contributed by atoms with Crippen LogP contribution in [0.4, 0.5) is 0 Å². The highest BCUT2D eigenvalue weighted by atomic mass is 32.1. The van der Waals surface area contributed by atoms with Crippen LogP contribution in [0.15, 0.2) is 41.9 Å². The van der Waals surface area contributed by atoms with Crippen molar-refractivity contribution in [3.8, 4) is 0 Å². The van der Waals surface area contributed by atoms with E-state index in [4.69, 9.17) is 0 Å². The first-order valence-corrected chi connectivity index (χ1v) is 8.46. The van der Waals surface area contributed by atoms with Gasteiger partial charge in [-0.1, -0.05) is 18.2 Å². The van der Waals surface area contributed by atoms with Gasteiger partial charge in [0.2, 0.25) is 5.91 Å². The molecule has 0 fully saturated rings. The van der Waals surface area contributed by atoms with Gasteiger partial charge in [0.1, 0.15) is 0 Å². The van der Waals surface area contributed by atoms with Gasteiger partial charge in [-0.15, -0.1) is 11.3 Å². The maximum atomic E-state index is 12.6. The monoisotopic (exact) mass is 310 g/mol. The zero-order valence-corrected chi connectivity index (χ0v) is 13.4. The van der Waals surface area contributed by atoms with Crippen LogP contribution in [0.3, 0.4) is 0 Å². The van der Waals surface area contributed by atoms with Crippen molar-refractivity contribution in [1.29, 1.82) is 0 Å². The fourth-order valence-corrected chi connectivity index (χ4v) is 4.06. The Morgan fingerprint density at radius 3 is 2.95 bits per heavy atom. The summed E-state index contributed by atoms with van der Waals surface area (Å²) in [5.41, 5.74) is 3.89. The molecule has 22 heavy (non-hydrogen) atoms. The molecule has 112 valence electrons. The molecule has 0 saturated heterocycles. The van der Waals surface area contributed by atoms with E-state index in [0.29, 0.717) is 6.42 Å². The second-order valence-corrected chi connectivity index (χ2v) is 6.93. The number of rotatable bonds is 2. The molecule has 1 aliphatic rings. The lowest BCUT2D eigenvalue weighted by atomic mass is 10.1. The molecule has 0 aliphatic carbocycles. The zero-order valence-electron chi connectivity index (χ0n) is 12.6. The minimum Gasteiger partial charge on any atom is -0.350 e. The van der Waals surface area contributed by atoms with Gasteiger partial charge in [0.15, 0.2) is 0 Å². The Morgan fingerprint density at radius 2 is 2.14 bits per heavy atom. The molecule has 1 aliphatic heterocycles. The molecule has 0 atom stereocenters. The molecule has 4 heteroatoms. The summed E-state index contributed by atoms with van der Waals surface area (Å²) in [5, 5.41) is 3.37. The van der Waals surface area contributed by atoms with Crippen molar-refractivity contribution in [2.24, 2.45) is 7.05 Å². The van der Waals surface area contributed by atoms with Gasteiger partial charge >= 0.3 is 0 Å². The molecule has 0 unspecified atom stereocenters. The van der Waals surface area contributed by atoms with Gasteiger partial charge < -0.3 is 9.47 Å². The lowest BCUT2D eigenvalue weighted by Crippen LogP contribution is -2.32. The van der Waals surface area contributed by atoms with Gasteiger partial charge in [0.05, 0.1) is 6.42 Å². The number of hydrogen-bond donors (Lipinski definition) is 0. The maximum Gasteiger partial charge on any atom is 0.228 e. The van der Waals surface area contributed by atoms with E-state index in [2.05, 4.69) is 36.0 Å². The van der Waals surface area contributed by atoms with E-state index in [1.54, 1.807) is 11.3 Å². The number of thiophene rings is 1. The van der Waals surface area contributed by atoms with Crippen molar-refractivity contribution in [1.82, 2.24) is 9.47 Å². The average molecular weight is 310 g/mol. The average Bonchev–Trinajstić information content (AvgIpc) is 3.07. The van der Waals surface area contributed by atoms with Gasteiger partial charge in [-0.05, 0) is 35.1 Å². The molecule has 0 spiro atoms. The molecule has 0 radical (unpaired) electrons. The van der Waals surface area contributed by atoms with Gasteiger partial charge in [-0.25, -0.2) is 0 Å². The van der Waals surface area contributed by atoms with E-state index < -0.39 is 0 Å². The minimum absolute atomic E-state index is 0.231. The first-order valence-electron chi connectivity index (χ1n) is 7.58. The quantitative estimate of drug-likeness (QED) is 0.712. The summed E-state index contributed by atoms with van der Waals surface area (Å²) in [6, 6.07) is 10.4. The Balaban J connectivity index is 1.65. The molecule has 3 aromatic rings. The Morgan fingerprint density at radius 1 is 1.23 bits per heavy atom. The summed E-state index contributed by atoms with van der Waals surface area (Å²) >= 11 is 1.65. The van der Waals surface area contributed by atoms with Crippen molar-refractivity contribution >= 4 is 28.1 Å². The van der Waals surface area contributed by atoms with E-state index in [1.165, 1.54) is 22.0 Å². The molecule has 0 N–H and O–H groups in total. The van der Waals surface area contributed by atoms with Crippen LogP contribution in [0, 0.1) is 0 Å². The van der Waals surface area contributed by atoms with Crippen molar-refractivity contribution < 1.29 is 4.79 Å². The molecular weight excluding hydrogens is 292 g/mol. The number of benzene rings is 1. The third-order valence-electron chi connectivity index (χ3n) is 4.45. The highest BCUT2D eigenvalue weighted by Crippen LogP contribution is 2.29. The molecule has 1 aromatic carbocycles. The van der Waals surface area contributed by atoms with Gasteiger partial charge in [-0.2, -0.15) is 0 Å². The number of aromatic nitrogens is 1. The Kier molecular flexibility index (Phi) is 3.26. The Hall–Kier alpha value is -2.07. The fourth-order valence-electron chi connectivity index (χ4n) is 3.37. The van der Waals surface area contributed by atoms with E-state index in [1.807, 2.05) is 22.4 Å². The first-order chi connectivity index (χ1) is 10.7. The predicted octanol–water partition coefficient (Wildman–Crippen LogP) is 3.37. The summed E-state index contributed by atoms with van der Waals surface area (Å²) in [7, 11) is 2.09. The number of amides is 1. The van der Waals surface area contributed by atoms with E-state index in [9.17, 15) is 4.79 Å². The third-order valence-corrected chi connectivity index (χ3v) is 5.33. The van der Waals surface area contributed by atoms with Crippen LogP contribution >= 0.6 is 11.3 Å². The first kappa shape index (κ1) is 13.6. The SMILES string of the molecule is Cn1cc2c3c(cccc31)CN(C(=O)Cc1cccs1)CC2. The Bertz CT molecular complexity index is 832. The molecule has 2 aromatic heterocycles. The molecule has 3 heterocycles. The lowest BCUT2D eigenvalue weighted by molar-refractivity contribution is -0.130. The third kappa shape index (κ3) is 2.24. The molecule has 3 nitrogen and oxygen atoms in total. The van der Waals surface area contributed by atoms with E-state index in [0.717, 1.165) is 24.4 Å². The van der Waals surface area contributed by atoms with Gasteiger partial charge in [0, 0.05) is 42.1 Å². The van der Waals surface area contributed by atoms with Crippen LogP contribution in [0.1, 0.15) is 16.0 Å². The summed E-state index contributed by atoms with van der Waals surface area (Å²) in [6.45, 7) is 1.52. The molecule has 0 bridgehead atoms. The minimum atomic E-state index is 0.231. The standard InChI is InChI=1S/C18H18N2OS/c1-19-11-14-7-8-20(17(21)10-15-5-3-9-22-15)12-13-4-2-6-16(19)18(13)14/h2-6,9,11H,7-8,10,12H2,1H3. The molecular formula is C18H18N2OS. The largest absolute Gasteiger partial charge is 0.350 e. The van der Waals surface area contributed by atoms with Gasteiger partial charge in [-0.3, -0.25) is 4.79 Å². The van der Waals surface area contributed by atoms with Crippen LogP contribution in [0.5, 0.6) is 0 Å². The number of aryl methyl sites for hydroxylation is 1.